The minimum Gasteiger partial charge on any atom is -0.375 e. The number of fused-ring (bicyclic) bond motifs is 1. The van der Waals surface area contributed by atoms with E-state index in [2.05, 4.69) is 44.0 Å². The first-order chi connectivity index (χ1) is 7.15. The number of nitrogens with zero attached hydrogens (tertiary/aromatic N) is 1. The van der Waals surface area contributed by atoms with Crippen LogP contribution < -0.4 is 16.6 Å². The van der Waals surface area contributed by atoms with Gasteiger partial charge in [0, 0.05) is 4.47 Å². The summed E-state index contributed by atoms with van der Waals surface area (Å²) in [5.74, 6) is 0. The molecule has 0 radical (unpaired) electrons. The first-order valence-corrected chi connectivity index (χ1v) is 6.04. The lowest BCUT2D eigenvalue weighted by molar-refractivity contribution is 1.12. The molecule has 1 aromatic carbocycles. The lowest BCUT2D eigenvalue weighted by atomic mass is 10.3. The zero-order valence-electron chi connectivity index (χ0n) is 7.45. The number of aromatic nitrogens is 1. The van der Waals surface area contributed by atoms with Crippen LogP contribution in [0.5, 0.6) is 0 Å². The van der Waals surface area contributed by atoms with Crippen molar-refractivity contribution in [2.75, 3.05) is 5.43 Å². The van der Waals surface area contributed by atoms with E-state index in [0.717, 1.165) is 19.8 Å². The van der Waals surface area contributed by atoms with Crippen LogP contribution in [0.25, 0.3) is 10.2 Å². The molecule has 0 saturated heterocycles. The van der Waals surface area contributed by atoms with Crippen molar-refractivity contribution in [3.63, 3.8) is 0 Å². The number of benzene rings is 1. The molecule has 0 fully saturated rings. The third kappa shape index (κ3) is 2.55. The van der Waals surface area contributed by atoms with Crippen LogP contribution in [0.1, 0.15) is 0 Å². The van der Waals surface area contributed by atoms with E-state index in [4.69, 9.17) is 5.73 Å². The van der Waals surface area contributed by atoms with Crippen LogP contribution in [0.2, 0.25) is 0 Å². The highest BCUT2D eigenvalue weighted by molar-refractivity contribution is 9.10. The standard InChI is InChI=1S/C8H7BrN4S2/c9-4-1-2-5-6(3-4)15-8(11-5)13-12-7(10)14/h1-3H,(H,11,13)(H3,10,12,14). The van der Waals surface area contributed by atoms with Gasteiger partial charge in [0.2, 0.25) is 5.13 Å². The molecule has 0 aliphatic carbocycles. The van der Waals surface area contributed by atoms with Crippen molar-refractivity contribution in [3.05, 3.63) is 22.7 Å². The Balaban J connectivity index is 2.27. The van der Waals surface area contributed by atoms with Gasteiger partial charge in [-0.05, 0) is 30.4 Å². The van der Waals surface area contributed by atoms with Crippen molar-refractivity contribution in [1.29, 1.82) is 0 Å². The highest BCUT2D eigenvalue weighted by Gasteiger charge is 2.03. The number of thiazole rings is 1. The number of hydrazine groups is 1. The molecule has 4 N–H and O–H groups in total. The summed E-state index contributed by atoms with van der Waals surface area (Å²) >= 11 is 9.60. The second-order valence-electron chi connectivity index (χ2n) is 2.75. The molecule has 0 unspecified atom stereocenters. The third-order valence-corrected chi connectivity index (χ3v) is 3.17. The maximum atomic E-state index is 5.29. The second kappa shape index (κ2) is 4.30. The zero-order chi connectivity index (χ0) is 10.8. The molecule has 1 aromatic heterocycles. The molecular weight excluding hydrogens is 296 g/mol. The fourth-order valence-electron chi connectivity index (χ4n) is 1.07. The van der Waals surface area contributed by atoms with Crippen molar-refractivity contribution in [1.82, 2.24) is 10.4 Å². The predicted molar refractivity (Wildman–Crippen MR) is 70.9 cm³/mol. The molecular formula is C8H7BrN4S2. The van der Waals surface area contributed by atoms with Gasteiger partial charge in [0.15, 0.2) is 5.11 Å². The number of nitrogens with one attached hydrogen (secondary N) is 2. The highest BCUT2D eigenvalue weighted by atomic mass is 79.9. The van der Waals surface area contributed by atoms with E-state index in [1.807, 2.05) is 18.2 Å². The van der Waals surface area contributed by atoms with Crippen molar-refractivity contribution in [3.8, 4) is 0 Å². The fraction of sp³-hybridized carbons (Fsp3) is 0. The van der Waals surface area contributed by atoms with Gasteiger partial charge in [0.1, 0.15) is 0 Å². The summed E-state index contributed by atoms with van der Waals surface area (Å²) in [5.41, 5.74) is 11.7. The summed E-state index contributed by atoms with van der Waals surface area (Å²) < 4.78 is 2.13. The summed E-state index contributed by atoms with van der Waals surface area (Å²) in [5, 5.41) is 0.923. The summed E-state index contributed by atoms with van der Waals surface area (Å²) in [6, 6.07) is 5.91. The highest BCUT2D eigenvalue weighted by Crippen LogP contribution is 2.27. The molecule has 0 spiro atoms. The molecule has 0 atom stereocenters. The van der Waals surface area contributed by atoms with Gasteiger partial charge in [-0.1, -0.05) is 27.3 Å². The predicted octanol–water partition coefficient (Wildman–Crippen LogP) is 2.22. The Morgan fingerprint density at radius 2 is 2.33 bits per heavy atom. The Bertz CT molecular complexity index is 510. The lowest BCUT2D eigenvalue weighted by Gasteiger charge is -2.01. The molecule has 15 heavy (non-hydrogen) atoms. The third-order valence-electron chi connectivity index (χ3n) is 1.64. The second-order valence-corrected chi connectivity index (χ2v) is 5.13. The molecule has 2 aromatic rings. The molecule has 0 bridgehead atoms. The van der Waals surface area contributed by atoms with Crippen molar-refractivity contribution in [2.45, 2.75) is 0 Å². The monoisotopic (exact) mass is 302 g/mol. The van der Waals surface area contributed by atoms with E-state index in [1.54, 1.807) is 0 Å². The van der Waals surface area contributed by atoms with E-state index in [1.165, 1.54) is 11.3 Å². The Kier molecular flexibility index (Phi) is 3.03. The number of nitrogens with two attached hydrogens (primary N) is 1. The van der Waals surface area contributed by atoms with E-state index in [9.17, 15) is 0 Å². The number of hydrogen-bond acceptors (Lipinski definition) is 4. The van der Waals surface area contributed by atoms with Gasteiger partial charge in [0.25, 0.3) is 0 Å². The molecule has 7 heteroatoms. The maximum absolute atomic E-state index is 5.29. The van der Waals surface area contributed by atoms with Crippen LogP contribution in [-0.2, 0) is 0 Å². The van der Waals surface area contributed by atoms with Gasteiger partial charge in [-0.15, -0.1) is 0 Å². The molecule has 0 aliphatic rings. The first kappa shape index (κ1) is 10.6. The largest absolute Gasteiger partial charge is 0.375 e. The zero-order valence-corrected chi connectivity index (χ0v) is 10.7. The summed E-state index contributed by atoms with van der Waals surface area (Å²) in [4.78, 5) is 4.33. The number of hydrogen-bond donors (Lipinski definition) is 3. The van der Waals surface area contributed by atoms with Crippen LogP contribution in [0.3, 0.4) is 0 Å². The summed E-state index contributed by atoms with van der Waals surface area (Å²) in [6.45, 7) is 0. The lowest BCUT2D eigenvalue weighted by Crippen LogP contribution is -2.33. The Morgan fingerprint density at radius 1 is 1.53 bits per heavy atom. The first-order valence-electron chi connectivity index (χ1n) is 4.03. The van der Waals surface area contributed by atoms with Gasteiger partial charge < -0.3 is 5.73 Å². The van der Waals surface area contributed by atoms with Crippen LogP contribution >= 0.6 is 39.5 Å². The van der Waals surface area contributed by atoms with Gasteiger partial charge in [-0.2, -0.15) is 0 Å². The van der Waals surface area contributed by atoms with Crippen molar-refractivity contribution < 1.29 is 0 Å². The topological polar surface area (TPSA) is 63.0 Å². The molecule has 2 rings (SSSR count). The normalized spacial score (nSPS) is 10.2. The Labute approximate surface area is 104 Å². The van der Waals surface area contributed by atoms with Crippen LogP contribution in [0.4, 0.5) is 5.13 Å². The number of halogens is 1. The molecule has 4 nitrogen and oxygen atoms in total. The van der Waals surface area contributed by atoms with Gasteiger partial charge in [-0.3, -0.25) is 10.9 Å². The van der Waals surface area contributed by atoms with E-state index in [0.29, 0.717) is 0 Å². The average Bonchev–Trinajstić information content (AvgIpc) is 2.56. The molecule has 0 amide bonds. The quantitative estimate of drug-likeness (QED) is 0.586. The summed E-state index contributed by atoms with van der Waals surface area (Å²) in [6.07, 6.45) is 0. The smallest absolute Gasteiger partial charge is 0.202 e. The molecule has 78 valence electrons. The minimum atomic E-state index is 0.190. The fourth-order valence-corrected chi connectivity index (χ4v) is 2.49. The van der Waals surface area contributed by atoms with E-state index in [-0.39, 0.29) is 5.11 Å². The number of thiocarbonyl (C=S) groups is 1. The minimum absolute atomic E-state index is 0.190. The number of rotatable bonds is 2. The van der Waals surface area contributed by atoms with E-state index >= 15 is 0 Å². The summed E-state index contributed by atoms with van der Waals surface area (Å²) in [7, 11) is 0. The molecule has 0 saturated carbocycles. The Morgan fingerprint density at radius 3 is 3.07 bits per heavy atom. The van der Waals surface area contributed by atoms with Crippen LogP contribution in [0, 0.1) is 0 Å². The molecule has 0 aliphatic heterocycles. The van der Waals surface area contributed by atoms with Gasteiger partial charge in [0.05, 0.1) is 10.2 Å². The van der Waals surface area contributed by atoms with E-state index < -0.39 is 0 Å². The molecule has 1 heterocycles. The van der Waals surface area contributed by atoms with Gasteiger partial charge >= 0.3 is 0 Å². The number of anilines is 1. The van der Waals surface area contributed by atoms with Crippen LogP contribution in [-0.4, -0.2) is 10.1 Å². The average molecular weight is 303 g/mol. The Hall–Kier alpha value is -0.920. The SMILES string of the molecule is NC(=S)NNc1nc2ccc(Br)cc2s1. The maximum Gasteiger partial charge on any atom is 0.202 e. The van der Waals surface area contributed by atoms with Gasteiger partial charge in [-0.25, -0.2) is 4.98 Å². The van der Waals surface area contributed by atoms with Crippen molar-refractivity contribution in [2.24, 2.45) is 5.73 Å². The van der Waals surface area contributed by atoms with Crippen LogP contribution in [0.15, 0.2) is 22.7 Å². The van der Waals surface area contributed by atoms with Crippen molar-refractivity contribution >= 4 is 59.9 Å².